The van der Waals surface area contributed by atoms with Crippen molar-refractivity contribution in [3.63, 3.8) is 0 Å². The van der Waals surface area contributed by atoms with Crippen LogP contribution < -0.4 is 5.32 Å². The van der Waals surface area contributed by atoms with Crippen LogP contribution in [0.25, 0.3) is 10.9 Å². The second-order valence-electron chi connectivity index (χ2n) is 4.80. The Morgan fingerprint density at radius 3 is 3.00 bits per heavy atom. The molecule has 3 aromatic rings. The van der Waals surface area contributed by atoms with E-state index in [-0.39, 0.29) is 11.9 Å². The SMILES string of the molecule is Cc1csc(C(C)NC(=O)c2ccc3[nH]ccc3c2)n1. The van der Waals surface area contributed by atoms with Gasteiger partial charge in [0.1, 0.15) is 5.01 Å². The lowest BCUT2D eigenvalue weighted by atomic mass is 10.1. The van der Waals surface area contributed by atoms with E-state index in [2.05, 4.69) is 15.3 Å². The molecule has 1 atom stereocenters. The van der Waals surface area contributed by atoms with E-state index in [1.165, 1.54) is 0 Å². The Bertz CT molecular complexity index is 759. The molecule has 2 aromatic heterocycles. The predicted octanol–water partition coefficient (Wildman–Crippen LogP) is 3.42. The maximum Gasteiger partial charge on any atom is 0.251 e. The molecule has 0 radical (unpaired) electrons. The standard InChI is InChI=1S/C15H15N3OS/c1-9-8-20-15(17-9)10(2)18-14(19)12-3-4-13-11(7-12)5-6-16-13/h3-8,10,16H,1-2H3,(H,18,19). The van der Waals surface area contributed by atoms with Crippen molar-refractivity contribution in [1.82, 2.24) is 15.3 Å². The fourth-order valence-electron chi connectivity index (χ4n) is 2.11. The second-order valence-corrected chi connectivity index (χ2v) is 5.69. The summed E-state index contributed by atoms with van der Waals surface area (Å²) in [4.78, 5) is 19.8. The zero-order chi connectivity index (χ0) is 14.1. The first-order valence-electron chi connectivity index (χ1n) is 6.43. The third kappa shape index (κ3) is 2.44. The minimum absolute atomic E-state index is 0.0755. The monoisotopic (exact) mass is 285 g/mol. The number of fused-ring (bicyclic) bond motifs is 1. The lowest BCUT2D eigenvalue weighted by Gasteiger charge is -2.11. The average molecular weight is 285 g/mol. The van der Waals surface area contributed by atoms with E-state index in [1.54, 1.807) is 11.3 Å². The number of carbonyl (C=O) groups is 1. The van der Waals surface area contributed by atoms with Crippen molar-refractivity contribution < 1.29 is 4.79 Å². The highest BCUT2D eigenvalue weighted by Crippen LogP contribution is 2.19. The number of thiazole rings is 1. The molecule has 0 aliphatic heterocycles. The lowest BCUT2D eigenvalue weighted by Crippen LogP contribution is -2.26. The Kier molecular flexibility index (Phi) is 3.28. The summed E-state index contributed by atoms with van der Waals surface area (Å²) in [5.41, 5.74) is 2.68. The first-order valence-corrected chi connectivity index (χ1v) is 7.31. The highest BCUT2D eigenvalue weighted by atomic mass is 32.1. The van der Waals surface area contributed by atoms with E-state index < -0.39 is 0 Å². The third-order valence-electron chi connectivity index (χ3n) is 3.17. The molecule has 0 fully saturated rings. The van der Waals surface area contributed by atoms with Crippen molar-refractivity contribution in [3.05, 3.63) is 52.1 Å². The fraction of sp³-hybridized carbons (Fsp3) is 0.200. The van der Waals surface area contributed by atoms with Gasteiger partial charge in [-0.25, -0.2) is 4.98 Å². The molecule has 0 saturated carbocycles. The lowest BCUT2D eigenvalue weighted by molar-refractivity contribution is 0.0940. The number of aryl methyl sites for hydroxylation is 1. The van der Waals surface area contributed by atoms with Crippen LogP contribution in [0, 0.1) is 6.92 Å². The molecule has 0 aliphatic rings. The van der Waals surface area contributed by atoms with Gasteiger partial charge in [-0.15, -0.1) is 11.3 Å². The fourth-order valence-corrected chi connectivity index (χ4v) is 2.91. The summed E-state index contributed by atoms with van der Waals surface area (Å²) < 4.78 is 0. The van der Waals surface area contributed by atoms with E-state index >= 15 is 0 Å². The summed E-state index contributed by atoms with van der Waals surface area (Å²) in [5.74, 6) is -0.0755. The van der Waals surface area contributed by atoms with Gasteiger partial charge in [-0.2, -0.15) is 0 Å². The molecule has 1 unspecified atom stereocenters. The van der Waals surface area contributed by atoms with E-state index in [0.717, 1.165) is 21.6 Å². The number of rotatable bonds is 3. The number of benzene rings is 1. The Balaban J connectivity index is 1.78. The van der Waals surface area contributed by atoms with Crippen LogP contribution in [0.2, 0.25) is 0 Å². The van der Waals surface area contributed by atoms with Crippen LogP contribution in [0.15, 0.2) is 35.8 Å². The van der Waals surface area contributed by atoms with Crippen LogP contribution in [0.4, 0.5) is 0 Å². The van der Waals surface area contributed by atoms with Crippen LogP contribution >= 0.6 is 11.3 Å². The van der Waals surface area contributed by atoms with Crippen molar-refractivity contribution in [2.24, 2.45) is 0 Å². The van der Waals surface area contributed by atoms with Crippen LogP contribution in [0.5, 0.6) is 0 Å². The molecule has 5 heteroatoms. The van der Waals surface area contributed by atoms with Gasteiger partial charge in [-0.05, 0) is 38.1 Å². The van der Waals surface area contributed by atoms with Crippen LogP contribution in [0.3, 0.4) is 0 Å². The first-order chi connectivity index (χ1) is 9.63. The minimum atomic E-state index is -0.0804. The normalized spacial score (nSPS) is 12.5. The van der Waals surface area contributed by atoms with Gasteiger partial charge < -0.3 is 10.3 Å². The van der Waals surface area contributed by atoms with Crippen molar-refractivity contribution in [1.29, 1.82) is 0 Å². The van der Waals surface area contributed by atoms with Crippen LogP contribution in [0.1, 0.15) is 34.0 Å². The van der Waals surface area contributed by atoms with Crippen LogP contribution in [-0.2, 0) is 0 Å². The molecule has 1 aromatic carbocycles. The predicted molar refractivity (Wildman–Crippen MR) is 81.0 cm³/mol. The molecular formula is C15H15N3OS. The van der Waals surface area contributed by atoms with Crippen molar-refractivity contribution >= 4 is 28.1 Å². The number of H-pyrrole nitrogens is 1. The van der Waals surface area contributed by atoms with E-state index in [4.69, 9.17) is 0 Å². The zero-order valence-electron chi connectivity index (χ0n) is 11.3. The van der Waals surface area contributed by atoms with Gasteiger partial charge in [0.2, 0.25) is 0 Å². The largest absolute Gasteiger partial charge is 0.361 e. The Hall–Kier alpha value is -2.14. The topological polar surface area (TPSA) is 57.8 Å². The van der Waals surface area contributed by atoms with Crippen molar-refractivity contribution in [2.75, 3.05) is 0 Å². The number of nitrogens with zero attached hydrogens (tertiary/aromatic N) is 1. The number of nitrogens with one attached hydrogen (secondary N) is 2. The highest BCUT2D eigenvalue weighted by Gasteiger charge is 2.14. The van der Waals surface area contributed by atoms with Gasteiger partial charge in [0.25, 0.3) is 5.91 Å². The molecule has 3 rings (SSSR count). The summed E-state index contributed by atoms with van der Waals surface area (Å²) in [5, 5.41) is 6.94. The summed E-state index contributed by atoms with van der Waals surface area (Å²) in [6, 6.07) is 7.51. The summed E-state index contributed by atoms with van der Waals surface area (Å²) in [7, 11) is 0. The van der Waals surface area contributed by atoms with Gasteiger partial charge in [0.15, 0.2) is 0 Å². The first kappa shape index (κ1) is 12.9. The Morgan fingerprint density at radius 2 is 2.25 bits per heavy atom. The van der Waals surface area contributed by atoms with E-state index in [1.807, 2.05) is 49.7 Å². The summed E-state index contributed by atoms with van der Waals surface area (Å²) >= 11 is 1.57. The maximum absolute atomic E-state index is 12.3. The molecule has 20 heavy (non-hydrogen) atoms. The second kappa shape index (κ2) is 5.09. The number of aromatic nitrogens is 2. The molecule has 4 nitrogen and oxygen atoms in total. The smallest absolute Gasteiger partial charge is 0.251 e. The maximum atomic E-state index is 12.3. The van der Waals surface area contributed by atoms with Gasteiger partial charge in [0.05, 0.1) is 6.04 Å². The number of amides is 1. The Labute approximate surface area is 120 Å². The van der Waals surface area contributed by atoms with Gasteiger partial charge in [0, 0.05) is 33.7 Å². The van der Waals surface area contributed by atoms with Crippen molar-refractivity contribution in [2.45, 2.75) is 19.9 Å². The molecule has 2 heterocycles. The molecule has 0 saturated heterocycles. The number of carbonyl (C=O) groups excluding carboxylic acids is 1. The average Bonchev–Trinajstić information content (AvgIpc) is 3.05. The van der Waals surface area contributed by atoms with E-state index in [0.29, 0.717) is 5.56 Å². The van der Waals surface area contributed by atoms with Crippen molar-refractivity contribution in [3.8, 4) is 0 Å². The summed E-state index contributed by atoms with van der Waals surface area (Å²) in [6.07, 6.45) is 1.87. The molecule has 0 spiro atoms. The summed E-state index contributed by atoms with van der Waals surface area (Å²) in [6.45, 7) is 3.90. The number of hydrogen-bond acceptors (Lipinski definition) is 3. The van der Waals surface area contributed by atoms with Gasteiger partial charge in [-0.1, -0.05) is 0 Å². The number of aromatic amines is 1. The molecule has 1 amide bonds. The van der Waals surface area contributed by atoms with Gasteiger partial charge >= 0.3 is 0 Å². The Morgan fingerprint density at radius 1 is 1.40 bits per heavy atom. The highest BCUT2D eigenvalue weighted by molar-refractivity contribution is 7.09. The van der Waals surface area contributed by atoms with E-state index in [9.17, 15) is 4.79 Å². The molecule has 0 bridgehead atoms. The van der Waals surface area contributed by atoms with Crippen LogP contribution in [-0.4, -0.2) is 15.9 Å². The zero-order valence-corrected chi connectivity index (χ0v) is 12.1. The molecule has 0 aliphatic carbocycles. The number of hydrogen-bond donors (Lipinski definition) is 2. The van der Waals surface area contributed by atoms with Gasteiger partial charge in [-0.3, -0.25) is 4.79 Å². The minimum Gasteiger partial charge on any atom is -0.361 e. The third-order valence-corrected chi connectivity index (χ3v) is 4.32. The molecule has 2 N–H and O–H groups in total. The molecule has 102 valence electrons. The molecular weight excluding hydrogens is 270 g/mol. The quantitative estimate of drug-likeness (QED) is 0.774.